The Morgan fingerprint density at radius 3 is 2.54 bits per heavy atom. The minimum Gasteiger partial charge on any atom is -0.462 e. The first-order valence-corrected chi connectivity index (χ1v) is 9.74. The first-order chi connectivity index (χ1) is 13.5. The van der Waals surface area contributed by atoms with Crippen molar-refractivity contribution in [1.82, 2.24) is 9.97 Å². The number of aryl methyl sites for hydroxylation is 1. The van der Waals surface area contributed by atoms with Crippen molar-refractivity contribution in [2.75, 3.05) is 13.2 Å². The van der Waals surface area contributed by atoms with Gasteiger partial charge in [0, 0.05) is 5.56 Å². The maximum absolute atomic E-state index is 12.5. The number of hydrogen-bond donors (Lipinski definition) is 3. The Morgan fingerprint density at radius 1 is 1.21 bits per heavy atom. The molecule has 2 aromatic rings. The molecular weight excluding hydrogens is 384 g/mol. The second-order valence-electron chi connectivity index (χ2n) is 6.22. The van der Waals surface area contributed by atoms with E-state index in [9.17, 15) is 20.1 Å². The molecule has 1 saturated heterocycles. The zero-order chi connectivity index (χ0) is 20.3. The third-order valence-electron chi connectivity index (χ3n) is 4.29. The minimum atomic E-state index is -1.24. The molecule has 1 fully saturated rings. The lowest BCUT2D eigenvalue weighted by Crippen LogP contribution is -2.33. The molecule has 0 bridgehead atoms. The van der Waals surface area contributed by atoms with Gasteiger partial charge in [-0.3, -0.25) is 0 Å². The van der Waals surface area contributed by atoms with Crippen LogP contribution < -0.4 is 0 Å². The summed E-state index contributed by atoms with van der Waals surface area (Å²) in [4.78, 5) is 21.4. The number of nitrogens with zero attached hydrogens (tertiary/aromatic N) is 2. The summed E-state index contributed by atoms with van der Waals surface area (Å²) < 4.78 is 10.6. The Hall–Kier alpha value is -2.04. The smallest absolute Gasteiger partial charge is 0.342 e. The van der Waals surface area contributed by atoms with E-state index in [2.05, 4.69) is 9.97 Å². The molecule has 0 aliphatic carbocycles. The molecule has 0 radical (unpaired) electrons. The molecule has 28 heavy (non-hydrogen) atoms. The first kappa shape index (κ1) is 20.7. The van der Waals surface area contributed by atoms with E-state index >= 15 is 0 Å². The average molecular weight is 406 g/mol. The highest BCUT2D eigenvalue weighted by Gasteiger charge is 2.43. The number of thioether (sulfide) groups is 1. The molecule has 8 nitrogen and oxygen atoms in total. The number of carbonyl (C=O) groups is 1. The monoisotopic (exact) mass is 406 g/mol. The van der Waals surface area contributed by atoms with E-state index in [1.54, 1.807) is 13.8 Å². The van der Waals surface area contributed by atoms with Crippen LogP contribution in [0.3, 0.4) is 0 Å². The fraction of sp³-hybridized carbons (Fsp3) is 0.421. The fourth-order valence-electron chi connectivity index (χ4n) is 2.86. The molecule has 1 aromatic heterocycles. The molecule has 1 aromatic carbocycles. The largest absolute Gasteiger partial charge is 0.462 e. The van der Waals surface area contributed by atoms with Crippen LogP contribution in [-0.2, 0) is 9.47 Å². The Labute approximate surface area is 166 Å². The number of esters is 1. The summed E-state index contributed by atoms with van der Waals surface area (Å²) in [5, 5.41) is 29.8. The second kappa shape index (κ2) is 8.97. The van der Waals surface area contributed by atoms with E-state index in [1.165, 1.54) is 0 Å². The Morgan fingerprint density at radius 2 is 1.93 bits per heavy atom. The number of aliphatic hydroxyl groups is 3. The van der Waals surface area contributed by atoms with E-state index in [0.717, 1.165) is 17.3 Å². The molecule has 0 saturated carbocycles. The summed E-state index contributed by atoms with van der Waals surface area (Å²) in [5.41, 5.74) is 0.480. The molecule has 0 unspecified atom stereocenters. The van der Waals surface area contributed by atoms with Crippen LogP contribution in [0, 0.1) is 6.92 Å². The topological polar surface area (TPSA) is 122 Å². The van der Waals surface area contributed by atoms with Gasteiger partial charge < -0.3 is 24.8 Å². The molecule has 150 valence electrons. The van der Waals surface area contributed by atoms with Crippen molar-refractivity contribution in [2.45, 2.75) is 42.6 Å². The van der Waals surface area contributed by atoms with Crippen LogP contribution in [0.1, 0.15) is 23.0 Å². The number of benzene rings is 1. The number of aromatic nitrogens is 2. The number of carbonyl (C=O) groups excluding carboxylic acids is 1. The van der Waals surface area contributed by atoms with E-state index in [4.69, 9.17) is 9.47 Å². The van der Waals surface area contributed by atoms with E-state index in [0.29, 0.717) is 11.5 Å². The van der Waals surface area contributed by atoms with Gasteiger partial charge in [-0.05, 0) is 13.8 Å². The van der Waals surface area contributed by atoms with Gasteiger partial charge in [-0.2, -0.15) is 0 Å². The number of hydrogen-bond acceptors (Lipinski definition) is 9. The molecule has 1 aliphatic rings. The van der Waals surface area contributed by atoms with Crippen LogP contribution in [0.4, 0.5) is 0 Å². The molecule has 0 amide bonds. The van der Waals surface area contributed by atoms with Crippen LogP contribution in [0.5, 0.6) is 0 Å². The van der Waals surface area contributed by atoms with E-state index in [1.807, 2.05) is 30.3 Å². The third-order valence-corrected chi connectivity index (χ3v) is 5.44. The van der Waals surface area contributed by atoms with Gasteiger partial charge in [0.2, 0.25) is 0 Å². The summed E-state index contributed by atoms with van der Waals surface area (Å²) in [6.07, 6.45) is -3.38. The first-order valence-electron chi connectivity index (χ1n) is 8.86. The molecule has 1 aliphatic heterocycles. The maximum Gasteiger partial charge on any atom is 0.342 e. The molecule has 0 spiro atoms. The van der Waals surface area contributed by atoms with Crippen molar-refractivity contribution in [3.05, 3.63) is 41.6 Å². The average Bonchev–Trinajstić information content (AvgIpc) is 2.96. The predicted molar refractivity (Wildman–Crippen MR) is 102 cm³/mol. The van der Waals surface area contributed by atoms with Gasteiger partial charge in [-0.25, -0.2) is 14.8 Å². The maximum atomic E-state index is 12.5. The van der Waals surface area contributed by atoms with Crippen LogP contribution >= 0.6 is 11.8 Å². The van der Waals surface area contributed by atoms with E-state index in [-0.39, 0.29) is 17.2 Å². The molecule has 9 heteroatoms. The molecule has 3 N–H and O–H groups in total. The summed E-state index contributed by atoms with van der Waals surface area (Å²) in [7, 11) is 0. The third kappa shape index (κ3) is 4.18. The van der Waals surface area contributed by atoms with Crippen molar-refractivity contribution < 1.29 is 29.6 Å². The van der Waals surface area contributed by atoms with Gasteiger partial charge in [0.25, 0.3) is 0 Å². The Bertz CT molecular complexity index is 835. The summed E-state index contributed by atoms with van der Waals surface area (Å²) in [6, 6.07) is 9.27. The fourth-order valence-corrected chi connectivity index (χ4v) is 4.07. The highest BCUT2D eigenvalue weighted by molar-refractivity contribution is 7.99. The molecule has 3 rings (SSSR count). The van der Waals surface area contributed by atoms with Gasteiger partial charge in [0.1, 0.15) is 34.3 Å². The zero-order valence-corrected chi connectivity index (χ0v) is 16.3. The molecular formula is C19H22N2O6S. The van der Waals surface area contributed by atoms with Crippen LogP contribution in [0.25, 0.3) is 11.4 Å². The van der Waals surface area contributed by atoms with Crippen LogP contribution in [0.15, 0.2) is 35.4 Å². The van der Waals surface area contributed by atoms with Crippen LogP contribution in [-0.4, -0.2) is 68.2 Å². The lowest BCUT2D eigenvalue weighted by Gasteiger charge is -2.17. The van der Waals surface area contributed by atoms with Gasteiger partial charge in [0.15, 0.2) is 5.82 Å². The van der Waals surface area contributed by atoms with Gasteiger partial charge in [-0.15, -0.1) is 0 Å². The van der Waals surface area contributed by atoms with Crippen molar-refractivity contribution in [3.63, 3.8) is 0 Å². The van der Waals surface area contributed by atoms with E-state index < -0.39 is 36.3 Å². The second-order valence-corrected chi connectivity index (χ2v) is 7.31. The highest BCUT2D eigenvalue weighted by Crippen LogP contribution is 2.36. The quantitative estimate of drug-likeness (QED) is 0.479. The van der Waals surface area contributed by atoms with Crippen molar-refractivity contribution in [3.8, 4) is 11.4 Å². The number of ether oxygens (including phenoxy) is 2. The number of aliphatic hydroxyl groups excluding tert-OH is 3. The zero-order valence-electron chi connectivity index (χ0n) is 15.5. The Balaban J connectivity index is 2.01. The SMILES string of the molecule is CCOC(=O)c1c(C)nc(-c2ccccc2)nc1S[C@@H]1O[C@H](CO)[C@@H](O)[C@H]1O. The number of rotatable bonds is 6. The van der Waals surface area contributed by atoms with Gasteiger partial charge in [0.05, 0.1) is 18.9 Å². The van der Waals surface area contributed by atoms with Gasteiger partial charge in [-0.1, -0.05) is 42.1 Å². The summed E-state index contributed by atoms with van der Waals surface area (Å²) in [6.45, 7) is 3.14. The predicted octanol–water partition coefficient (Wildman–Crippen LogP) is 1.16. The highest BCUT2D eigenvalue weighted by atomic mass is 32.2. The van der Waals surface area contributed by atoms with Gasteiger partial charge >= 0.3 is 5.97 Å². The summed E-state index contributed by atoms with van der Waals surface area (Å²) in [5.74, 6) is -0.158. The minimum absolute atomic E-state index is 0.185. The van der Waals surface area contributed by atoms with Crippen molar-refractivity contribution >= 4 is 17.7 Å². The van der Waals surface area contributed by atoms with Crippen molar-refractivity contribution in [1.29, 1.82) is 0 Å². The van der Waals surface area contributed by atoms with Crippen LogP contribution in [0.2, 0.25) is 0 Å². The Kier molecular flexibility index (Phi) is 6.63. The molecule has 4 atom stereocenters. The molecule has 2 heterocycles. The standard InChI is InChI=1S/C19H22N2O6S/c1-3-26-18(25)13-10(2)20-16(11-7-5-4-6-8-11)21-17(13)28-19-15(24)14(23)12(9-22)27-19/h4-8,12,14-15,19,22-24H,3,9H2,1-2H3/t12-,14-,15-,19+/m1/s1. The van der Waals surface area contributed by atoms with Crippen molar-refractivity contribution in [2.24, 2.45) is 0 Å². The lowest BCUT2D eigenvalue weighted by molar-refractivity contribution is -0.00810. The summed E-state index contributed by atoms with van der Waals surface area (Å²) >= 11 is 0.991. The lowest BCUT2D eigenvalue weighted by atomic mass is 10.2. The normalized spacial score (nSPS) is 24.3.